The van der Waals surface area contributed by atoms with Crippen molar-refractivity contribution in [3.63, 3.8) is 0 Å². The summed E-state index contributed by atoms with van der Waals surface area (Å²) in [5, 5.41) is 10.8. The lowest BCUT2D eigenvalue weighted by atomic mass is 10.2. The smallest absolute Gasteiger partial charge is 0.364 e. The Labute approximate surface area is 108 Å². The van der Waals surface area contributed by atoms with E-state index < -0.39 is 34.3 Å². The van der Waals surface area contributed by atoms with E-state index in [1.807, 2.05) is 0 Å². The van der Waals surface area contributed by atoms with Gasteiger partial charge in [0.15, 0.2) is 0 Å². The Morgan fingerprint density at radius 3 is 2.72 bits per heavy atom. The molecule has 18 heavy (non-hydrogen) atoms. The van der Waals surface area contributed by atoms with Crippen LogP contribution in [0.25, 0.3) is 0 Å². The van der Waals surface area contributed by atoms with E-state index in [2.05, 4.69) is 25.7 Å². The minimum atomic E-state index is -3.10. The summed E-state index contributed by atoms with van der Waals surface area (Å²) < 4.78 is 29.8. The summed E-state index contributed by atoms with van der Waals surface area (Å²) in [6.45, 7) is 1.43. The van der Waals surface area contributed by atoms with Crippen LogP contribution >= 0.6 is 15.9 Å². The summed E-state index contributed by atoms with van der Waals surface area (Å²) in [6.07, 6.45) is -3.10. The zero-order valence-electron chi connectivity index (χ0n) is 9.02. The predicted octanol–water partition coefficient (Wildman–Crippen LogP) is 2.87. The molecule has 98 valence electrons. The maximum absolute atomic E-state index is 12.7. The highest BCUT2D eigenvalue weighted by atomic mass is 79.9. The predicted molar refractivity (Wildman–Crippen MR) is 59.5 cm³/mol. The molecule has 0 spiro atoms. The summed E-state index contributed by atoms with van der Waals surface area (Å²) in [7, 11) is 0. The van der Waals surface area contributed by atoms with Gasteiger partial charge in [-0.05, 0) is 28.9 Å². The number of halogens is 3. The molecule has 9 heteroatoms. The van der Waals surface area contributed by atoms with Gasteiger partial charge in [-0.1, -0.05) is 0 Å². The minimum absolute atomic E-state index is 0.0474. The fraction of sp³-hybridized carbons (Fsp3) is 0.333. The molecule has 0 saturated carbocycles. The number of pyridine rings is 1. The van der Waals surface area contributed by atoms with Gasteiger partial charge < -0.3 is 4.74 Å². The third-order valence-corrected chi connectivity index (χ3v) is 2.28. The molecule has 0 radical (unpaired) electrons. The summed E-state index contributed by atoms with van der Waals surface area (Å²) in [6, 6.07) is 0.797. The first-order valence-corrected chi connectivity index (χ1v) is 5.47. The van der Waals surface area contributed by atoms with Crippen LogP contribution in [0.2, 0.25) is 0 Å². The van der Waals surface area contributed by atoms with E-state index in [1.54, 1.807) is 0 Å². The first-order valence-electron chi connectivity index (χ1n) is 4.68. The molecule has 1 aromatic rings. The topological polar surface area (TPSA) is 82.3 Å². The van der Waals surface area contributed by atoms with Crippen LogP contribution in [0.15, 0.2) is 10.7 Å². The van der Waals surface area contributed by atoms with Crippen molar-refractivity contribution >= 4 is 27.6 Å². The first-order chi connectivity index (χ1) is 8.38. The average molecular weight is 325 g/mol. The van der Waals surface area contributed by atoms with Crippen LogP contribution in [0.4, 0.5) is 14.5 Å². The van der Waals surface area contributed by atoms with Crippen molar-refractivity contribution in [2.45, 2.75) is 13.3 Å². The van der Waals surface area contributed by atoms with Crippen LogP contribution in [0, 0.1) is 10.1 Å². The highest BCUT2D eigenvalue weighted by molar-refractivity contribution is 9.10. The van der Waals surface area contributed by atoms with E-state index in [9.17, 15) is 23.7 Å². The maximum Gasteiger partial charge on any atom is 0.364 e. The van der Waals surface area contributed by atoms with E-state index in [0.717, 1.165) is 6.07 Å². The zero-order valence-corrected chi connectivity index (χ0v) is 10.6. The van der Waals surface area contributed by atoms with Gasteiger partial charge in [0.1, 0.15) is 10.2 Å². The number of esters is 1. The van der Waals surface area contributed by atoms with Gasteiger partial charge in [0, 0.05) is 0 Å². The van der Waals surface area contributed by atoms with E-state index in [4.69, 9.17) is 0 Å². The molecule has 1 aromatic heterocycles. The normalized spacial score (nSPS) is 10.5. The van der Waals surface area contributed by atoms with Gasteiger partial charge in [0.05, 0.1) is 11.5 Å². The number of rotatable bonds is 4. The minimum Gasteiger partial charge on any atom is -0.461 e. The summed E-state index contributed by atoms with van der Waals surface area (Å²) in [4.78, 5) is 24.7. The molecule has 0 fully saturated rings. The molecule has 0 saturated heterocycles. The Bertz CT molecular complexity index is 496. The Kier molecular flexibility index (Phi) is 4.65. The number of carbonyl (C=O) groups excluding carboxylic acids is 1. The zero-order chi connectivity index (χ0) is 13.9. The van der Waals surface area contributed by atoms with Gasteiger partial charge in [-0.25, -0.2) is 18.6 Å². The Morgan fingerprint density at radius 2 is 2.28 bits per heavy atom. The molecule has 0 amide bonds. The second kappa shape index (κ2) is 5.80. The van der Waals surface area contributed by atoms with Crippen molar-refractivity contribution in [2.24, 2.45) is 0 Å². The molecular weight excluding hydrogens is 318 g/mol. The molecule has 0 aliphatic heterocycles. The molecule has 0 bridgehead atoms. The number of hydrogen-bond donors (Lipinski definition) is 0. The molecule has 1 rings (SSSR count). The van der Waals surface area contributed by atoms with Crippen LogP contribution in [0.3, 0.4) is 0 Å². The number of nitro groups is 1. The monoisotopic (exact) mass is 324 g/mol. The number of alkyl halides is 2. The molecule has 1 heterocycles. The van der Waals surface area contributed by atoms with Crippen molar-refractivity contribution in [3.05, 3.63) is 32.0 Å². The highest BCUT2D eigenvalue weighted by Crippen LogP contribution is 2.33. The number of carbonyl (C=O) groups is 1. The van der Waals surface area contributed by atoms with Gasteiger partial charge in [-0.3, -0.25) is 10.1 Å². The standard InChI is InChI=1S/C9H7BrF2N2O4/c1-2-18-9(15)6-7(14(16)17)4(8(11)12)3-5(10)13-6/h3,8H,2H2,1H3. The molecular formula is C9H7BrF2N2O4. The van der Waals surface area contributed by atoms with E-state index in [1.165, 1.54) is 6.92 Å². The number of hydrogen-bond acceptors (Lipinski definition) is 5. The van der Waals surface area contributed by atoms with Crippen LogP contribution in [0.5, 0.6) is 0 Å². The largest absolute Gasteiger partial charge is 0.461 e. The molecule has 0 atom stereocenters. The Balaban J connectivity index is 3.48. The first kappa shape index (κ1) is 14.4. The molecule has 0 aliphatic rings. The van der Waals surface area contributed by atoms with Crippen LogP contribution in [-0.4, -0.2) is 22.5 Å². The summed E-state index contributed by atoms with van der Waals surface area (Å²) >= 11 is 2.81. The summed E-state index contributed by atoms with van der Waals surface area (Å²) in [5.74, 6) is -1.12. The van der Waals surface area contributed by atoms with Crippen molar-refractivity contribution < 1.29 is 23.2 Å². The van der Waals surface area contributed by atoms with E-state index in [0.29, 0.717) is 0 Å². The lowest BCUT2D eigenvalue weighted by molar-refractivity contribution is -0.386. The average Bonchev–Trinajstić information content (AvgIpc) is 2.27. The van der Waals surface area contributed by atoms with Crippen molar-refractivity contribution in [2.75, 3.05) is 6.61 Å². The fourth-order valence-electron chi connectivity index (χ4n) is 1.23. The Morgan fingerprint density at radius 1 is 1.67 bits per heavy atom. The molecule has 0 aromatic carbocycles. The van der Waals surface area contributed by atoms with Gasteiger partial charge in [0.2, 0.25) is 5.69 Å². The Hall–Kier alpha value is -1.64. The number of ether oxygens (including phenoxy) is 1. The van der Waals surface area contributed by atoms with Crippen molar-refractivity contribution in [1.29, 1.82) is 0 Å². The quantitative estimate of drug-likeness (QED) is 0.368. The number of aromatic nitrogens is 1. The molecule has 0 aliphatic carbocycles. The van der Waals surface area contributed by atoms with Crippen LogP contribution in [-0.2, 0) is 4.74 Å². The van der Waals surface area contributed by atoms with Gasteiger partial charge >= 0.3 is 11.7 Å². The second-order valence-corrected chi connectivity index (χ2v) is 3.82. The second-order valence-electron chi connectivity index (χ2n) is 3.01. The van der Waals surface area contributed by atoms with Gasteiger partial charge in [-0.15, -0.1) is 0 Å². The molecule has 0 unspecified atom stereocenters. The van der Waals surface area contributed by atoms with Crippen molar-refractivity contribution in [1.82, 2.24) is 4.98 Å². The highest BCUT2D eigenvalue weighted by Gasteiger charge is 2.32. The van der Waals surface area contributed by atoms with Crippen molar-refractivity contribution in [3.8, 4) is 0 Å². The fourth-order valence-corrected chi connectivity index (χ4v) is 1.65. The third kappa shape index (κ3) is 2.97. The third-order valence-electron chi connectivity index (χ3n) is 1.88. The van der Waals surface area contributed by atoms with Gasteiger partial charge in [0.25, 0.3) is 6.43 Å². The van der Waals surface area contributed by atoms with Crippen LogP contribution < -0.4 is 0 Å². The molecule has 6 nitrogen and oxygen atoms in total. The number of nitrogens with zero attached hydrogens (tertiary/aromatic N) is 2. The summed E-state index contributed by atoms with van der Waals surface area (Å²) in [5.41, 5.74) is -2.66. The van der Waals surface area contributed by atoms with E-state index in [-0.39, 0.29) is 11.2 Å². The molecule has 0 N–H and O–H groups in total. The van der Waals surface area contributed by atoms with Gasteiger partial charge in [-0.2, -0.15) is 0 Å². The SMILES string of the molecule is CCOC(=O)c1nc(Br)cc(C(F)F)c1[N+](=O)[O-]. The maximum atomic E-state index is 12.7. The van der Waals surface area contributed by atoms with Crippen LogP contribution in [0.1, 0.15) is 29.4 Å². The lowest BCUT2D eigenvalue weighted by Gasteiger charge is -2.07. The van der Waals surface area contributed by atoms with E-state index >= 15 is 0 Å². The lowest BCUT2D eigenvalue weighted by Crippen LogP contribution is -2.12.